The SMILES string of the molecule is COc1ccccc1NC(=O)C1=C(C)Nc2nc(SCc3ccccc3Cl)nn2C1c1ccc(O)c([N+](=O)[O-])c1. The number of anilines is 2. The first-order chi connectivity index (χ1) is 19.3. The lowest BCUT2D eigenvalue weighted by molar-refractivity contribution is -0.385. The van der Waals surface area contributed by atoms with Crippen LogP contribution in [0, 0.1) is 10.1 Å². The molecule has 1 amide bonds. The second-order valence-corrected chi connectivity index (χ2v) is 10.1. The first-order valence-electron chi connectivity index (χ1n) is 12.0. The average molecular weight is 579 g/mol. The number of aromatic hydroxyl groups is 1. The molecule has 0 spiro atoms. The van der Waals surface area contributed by atoms with E-state index in [-0.39, 0.29) is 5.57 Å². The van der Waals surface area contributed by atoms with E-state index in [1.165, 1.54) is 41.8 Å². The van der Waals surface area contributed by atoms with Gasteiger partial charge in [-0.3, -0.25) is 14.9 Å². The van der Waals surface area contributed by atoms with Gasteiger partial charge in [-0.1, -0.05) is 59.8 Å². The Bertz CT molecular complexity index is 1660. The lowest BCUT2D eigenvalue weighted by Gasteiger charge is -2.28. The van der Waals surface area contributed by atoms with Crippen LogP contribution in [-0.2, 0) is 10.5 Å². The van der Waals surface area contributed by atoms with Gasteiger partial charge >= 0.3 is 5.69 Å². The molecule has 0 saturated heterocycles. The summed E-state index contributed by atoms with van der Waals surface area (Å²) in [4.78, 5) is 29.3. The van der Waals surface area contributed by atoms with Gasteiger partial charge in [-0.05, 0) is 42.3 Å². The van der Waals surface area contributed by atoms with Crippen LogP contribution < -0.4 is 15.4 Å². The van der Waals surface area contributed by atoms with Crippen LogP contribution in [0.5, 0.6) is 11.5 Å². The Labute approximate surface area is 238 Å². The van der Waals surface area contributed by atoms with Crippen molar-refractivity contribution >= 4 is 46.6 Å². The molecule has 1 aliphatic rings. The first kappa shape index (κ1) is 27.0. The second kappa shape index (κ2) is 11.3. The number of halogens is 1. The minimum atomic E-state index is -0.896. The number of benzene rings is 3. The Morgan fingerprint density at radius 3 is 2.73 bits per heavy atom. The van der Waals surface area contributed by atoms with Crippen LogP contribution in [0.25, 0.3) is 0 Å². The molecule has 2 heterocycles. The number of hydrogen-bond acceptors (Lipinski definition) is 9. The predicted octanol–water partition coefficient (Wildman–Crippen LogP) is 5.77. The number of hydrogen-bond donors (Lipinski definition) is 3. The number of fused-ring (bicyclic) bond motifs is 1. The molecule has 0 saturated carbocycles. The largest absolute Gasteiger partial charge is 0.502 e. The summed E-state index contributed by atoms with van der Waals surface area (Å²) in [5.74, 6) is 0.370. The Morgan fingerprint density at radius 1 is 1.23 bits per heavy atom. The maximum atomic E-state index is 13.8. The molecule has 1 aliphatic heterocycles. The minimum absolute atomic E-state index is 0.256. The molecule has 0 fully saturated rings. The van der Waals surface area contributed by atoms with Crippen molar-refractivity contribution in [3.8, 4) is 11.5 Å². The van der Waals surface area contributed by atoms with Crippen molar-refractivity contribution in [3.63, 3.8) is 0 Å². The number of aromatic nitrogens is 3. The van der Waals surface area contributed by atoms with Gasteiger partial charge in [-0.15, -0.1) is 5.10 Å². The smallest absolute Gasteiger partial charge is 0.311 e. The van der Waals surface area contributed by atoms with E-state index in [9.17, 15) is 20.0 Å². The molecule has 11 nitrogen and oxygen atoms in total. The molecule has 204 valence electrons. The Kier molecular flexibility index (Phi) is 7.63. The molecule has 3 N–H and O–H groups in total. The van der Waals surface area contributed by atoms with Gasteiger partial charge in [0.1, 0.15) is 11.8 Å². The van der Waals surface area contributed by atoms with E-state index >= 15 is 0 Å². The number of carbonyl (C=O) groups is 1. The van der Waals surface area contributed by atoms with E-state index < -0.39 is 28.3 Å². The molecule has 5 rings (SSSR count). The summed E-state index contributed by atoms with van der Waals surface area (Å²) in [5, 5.41) is 33.4. The van der Waals surface area contributed by atoms with E-state index in [1.54, 1.807) is 37.3 Å². The third-order valence-corrected chi connectivity index (χ3v) is 7.51. The van der Waals surface area contributed by atoms with Crippen LogP contribution in [0.1, 0.15) is 24.1 Å². The monoisotopic (exact) mass is 578 g/mol. The number of allylic oxidation sites excluding steroid dienone is 1. The van der Waals surface area contributed by atoms with Crippen molar-refractivity contribution in [2.45, 2.75) is 23.9 Å². The number of methoxy groups -OCH3 is 1. The van der Waals surface area contributed by atoms with E-state index in [4.69, 9.17) is 16.3 Å². The van der Waals surface area contributed by atoms with Crippen LogP contribution in [0.15, 0.2) is 83.2 Å². The summed E-state index contributed by atoms with van der Waals surface area (Å²) in [6, 6.07) is 17.5. The Morgan fingerprint density at radius 2 is 1.98 bits per heavy atom. The molecule has 40 heavy (non-hydrogen) atoms. The number of rotatable bonds is 8. The summed E-state index contributed by atoms with van der Waals surface area (Å²) >= 11 is 7.66. The standard InChI is InChI=1S/C27H23ClN6O5S/c1-15-23(25(36)30-19-9-5-6-10-22(19)39-2)24(16-11-12-21(35)20(13-16)34(37)38)33-26(29-15)31-27(32-33)40-14-17-7-3-4-8-18(17)28/h3-13,24,35H,14H2,1-2H3,(H,30,36)(H,29,31,32). The van der Waals surface area contributed by atoms with Crippen molar-refractivity contribution in [2.24, 2.45) is 0 Å². The lowest BCUT2D eigenvalue weighted by Crippen LogP contribution is -2.31. The number of para-hydroxylation sites is 2. The maximum absolute atomic E-state index is 13.8. The normalized spacial score (nSPS) is 14.3. The quantitative estimate of drug-likeness (QED) is 0.135. The van der Waals surface area contributed by atoms with E-state index in [1.807, 2.05) is 18.2 Å². The maximum Gasteiger partial charge on any atom is 0.311 e. The van der Waals surface area contributed by atoms with Gasteiger partial charge < -0.3 is 20.5 Å². The summed E-state index contributed by atoms with van der Waals surface area (Å²) < 4.78 is 6.88. The number of nitrogens with one attached hydrogen (secondary N) is 2. The third kappa shape index (κ3) is 5.31. The number of ether oxygens (including phenoxy) is 1. The molecule has 4 aromatic rings. The third-order valence-electron chi connectivity index (χ3n) is 6.26. The zero-order chi connectivity index (χ0) is 28.4. The molecule has 3 aromatic carbocycles. The lowest BCUT2D eigenvalue weighted by atomic mass is 9.94. The highest BCUT2D eigenvalue weighted by Gasteiger charge is 2.36. The fourth-order valence-corrected chi connectivity index (χ4v) is 5.46. The van der Waals surface area contributed by atoms with Gasteiger partial charge in [0.2, 0.25) is 11.1 Å². The first-order valence-corrected chi connectivity index (χ1v) is 13.4. The fourth-order valence-electron chi connectivity index (χ4n) is 4.35. The highest BCUT2D eigenvalue weighted by molar-refractivity contribution is 7.98. The number of phenolic OH excluding ortho intramolecular Hbond substituents is 1. The fraction of sp³-hybridized carbons (Fsp3) is 0.148. The predicted molar refractivity (Wildman–Crippen MR) is 152 cm³/mol. The Hall–Kier alpha value is -4.55. The zero-order valence-corrected chi connectivity index (χ0v) is 22.9. The molecular weight excluding hydrogens is 556 g/mol. The molecule has 0 radical (unpaired) electrons. The number of nitro benzene ring substituents is 1. The summed E-state index contributed by atoms with van der Waals surface area (Å²) in [6.45, 7) is 1.72. The van der Waals surface area contributed by atoms with Crippen molar-refractivity contribution < 1.29 is 19.6 Å². The highest BCUT2D eigenvalue weighted by Crippen LogP contribution is 2.40. The number of thioether (sulfide) groups is 1. The summed E-state index contributed by atoms with van der Waals surface area (Å²) in [7, 11) is 1.50. The highest BCUT2D eigenvalue weighted by atomic mass is 35.5. The molecule has 1 atom stereocenters. The minimum Gasteiger partial charge on any atom is -0.502 e. The van der Waals surface area contributed by atoms with Gasteiger partial charge in [0.15, 0.2) is 5.75 Å². The molecule has 1 aromatic heterocycles. The van der Waals surface area contributed by atoms with Gasteiger partial charge in [-0.25, -0.2) is 4.68 Å². The van der Waals surface area contributed by atoms with Gasteiger partial charge in [0, 0.05) is 22.5 Å². The average Bonchev–Trinajstić information content (AvgIpc) is 3.34. The van der Waals surface area contributed by atoms with Crippen LogP contribution >= 0.6 is 23.4 Å². The van der Waals surface area contributed by atoms with Gasteiger partial charge in [-0.2, -0.15) is 4.98 Å². The van der Waals surface area contributed by atoms with Crippen molar-refractivity contribution in [2.75, 3.05) is 17.7 Å². The molecule has 13 heteroatoms. The number of phenols is 1. The van der Waals surface area contributed by atoms with Crippen molar-refractivity contribution in [1.82, 2.24) is 14.8 Å². The molecule has 1 unspecified atom stereocenters. The van der Waals surface area contributed by atoms with E-state index in [2.05, 4.69) is 20.7 Å². The topological polar surface area (TPSA) is 144 Å². The van der Waals surface area contributed by atoms with Gasteiger partial charge in [0.05, 0.1) is 23.3 Å². The number of nitro groups is 1. The van der Waals surface area contributed by atoms with Crippen LogP contribution in [-0.4, -0.2) is 37.8 Å². The van der Waals surface area contributed by atoms with Crippen LogP contribution in [0.4, 0.5) is 17.3 Å². The molecule has 0 bridgehead atoms. The zero-order valence-electron chi connectivity index (χ0n) is 21.3. The van der Waals surface area contributed by atoms with E-state index in [0.717, 1.165) is 5.56 Å². The number of nitrogens with zero attached hydrogens (tertiary/aromatic N) is 4. The molecule has 0 aliphatic carbocycles. The number of amides is 1. The second-order valence-electron chi connectivity index (χ2n) is 8.77. The molecular formula is C27H23ClN6O5S. The summed E-state index contributed by atoms with van der Waals surface area (Å²) in [5.41, 5.74) is 1.97. The van der Waals surface area contributed by atoms with Crippen LogP contribution in [0.3, 0.4) is 0 Å². The van der Waals surface area contributed by atoms with E-state index in [0.29, 0.717) is 44.6 Å². The van der Waals surface area contributed by atoms with Gasteiger partial charge in [0.25, 0.3) is 5.91 Å². The summed E-state index contributed by atoms with van der Waals surface area (Å²) in [6.07, 6.45) is 0. The van der Waals surface area contributed by atoms with Crippen molar-refractivity contribution in [1.29, 1.82) is 0 Å². The Balaban J connectivity index is 1.56. The van der Waals surface area contributed by atoms with Crippen molar-refractivity contribution in [3.05, 3.63) is 104 Å². The van der Waals surface area contributed by atoms with Crippen LogP contribution in [0.2, 0.25) is 5.02 Å². The number of carbonyl (C=O) groups excluding carboxylic acids is 1.